The lowest BCUT2D eigenvalue weighted by molar-refractivity contribution is 0.231. The molecule has 2 fully saturated rings. The number of nitrogens with one attached hydrogen (secondary N) is 1. The number of nitrogens with zero attached hydrogens (tertiary/aromatic N) is 2. The standard InChI is InChI=1S/C15H22ClN3/c1-17-10-12-4-2-6-14(16)15(12)19-9-8-18-7-3-5-13(18)11-19/h2,4,6,13,17H,3,5,7-11H2,1H3. The van der Waals surface area contributed by atoms with Crippen molar-refractivity contribution in [2.75, 3.05) is 38.1 Å². The van der Waals surface area contributed by atoms with Crippen LogP contribution in [0.3, 0.4) is 0 Å². The summed E-state index contributed by atoms with van der Waals surface area (Å²) in [7, 11) is 1.99. The van der Waals surface area contributed by atoms with E-state index in [4.69, 9.17) is 11.6 Å². The zero-order chi connectivity index (χ0) is 13.2. The Kier molecular flexibility index (Phi) is 3.96. The van der Waals surface area contributed by atoms with E-state index in [1.54, 1.807) is 0 Å². The Hall–Kier alpha value is -0.770. The molecule has 104 valence electrons. The monoisotopic (exact) mass is 279 g/mol. The number of hydrogen-bond acceptors (Lipinski definition) is 3. The van der Waals surface area contributed by atoms with Gasteiger partial charge in [-0.3, -0.25) is 4.90 Å². The van der Waals surface area contributed by atoms with E-state index < -0.39 is 0 Å². The van der Waals surface area contributed by atoms with Crippen molar-refractivity contribution in [2.24, 2.45) is 0 Å². The molecule has 0 amide bonds. The van der Waals surface area contributed by atoms with E-state index in [1.165, 1.54) is 37.2 Å². The second-order valence-electron chi connectivity index (χ2n) is 5.56. The molecule has 0 spiro atoms. The molecule has 2 saturated heterocycles. The maximum atomic E-state index is 6.46. The fourth-order valence-electron chi connectivity index (χ4n) is 3.44. The van der Waals surface area contributed by atoms with Gasteiger partial charge in [0, 0.05) is 32.2 Å². The van der Waals surface area contributed by atoms with Crippen LogP contribution in [0, 0.1) is 0 Å². The second-order valence-corrected chi connectivity index (χ2v) is 5.96. The largest absolute Gasteiger partial charge is 0.367 e. The van der Waals surface area contributed by atoms with Gasteiger partial charge in [0.1, 0.15) is 0 Å². The number of rotatable bonds is 3. The molecule has 2 aliphatic rings. The number of hydrogen-bond donors (Lipinski definition) is 1. The van der Waals surface area contributed by atoms with Crippen molar-refractivity contribution in [1.29, 1.82) is 0 Å². The van der Waals surface area contributed by atoms with Gasteiger partial charge in [-0.15, -0.1) is 0 Å². The lowest BCUT2D eigenvalue weighted by atomic mass is 10.1. The van der Waals surface area contributed by atoms with Crippen molar-refractivity contribution in [1.82, 2.24) is 10.2 Å². The highest BCUT2D eigenvalue weighted by molar-refractivity contribution is 6.33. The van der Waals surface area contributed by atoms with E-state index >= 15 is 0 Å². The molecule has 19 heavy (non-hydrogen) atoms. The van der Waals surface area contributed by atoms with Gasteiger partial charge < -0.3 is 10.2 Å². The SMILES string of the molecule is CNCc1cccc(Cl)c1N1CCN2CCCC2C1. The molecule has 4 heteroatoms. The first-order valence-electron chi connectivity index (χ1n) is 7.20. The van der Waals surface area contributed by atoms with Gasteiger partial charge in [-0.1, -0.05) is 23.7 Å². The third kappa shape index (κ3) is 2.60. The summed E-state index contributed by atoms with van der Waals surface area (Å²) >= 11 is 6.46. The number of fused-ring (bicyclic) bond motifs is 1. The number of benzene rings is 1. The Morgan fingerprint density at radius 2 is 2.21 bits per heavy atom. The third-order valence-electron chi connectivity index (χ3n) is 4.34. The Morgan fingerprint density at radius 1 is 1.32 bits per heavy atom. The van der Waals surface area contributed by atoms with Crippen molar-refractivity contribution in [3.63, 3.8) is 0 Å². The van der Waals surface area contributed by atoms with Crippen molar-refractivity contribution in [2.45, 2.75) is 25.4 Å². The van der Waals surface area contributed by atoms with Crippen LogP contribution in [0.25, 0.3) is 0 Å². The smallest absolute Gasteiger partial charge is 0.0642 e. The van der Waals surface area contributed by atoms with Gasteiger partial charge in [0.2, 0.25) is 0 Å². The molecule has 0 saturated carbocycles. The van der Waals surface area contributed by atoms with E-state index in [1.807, 2.05) is 19.2 Å². The summed E-state index contributed by atoms with van der Waals surface area (Å²) in [6.45, 7) is 5.55. The van der Waals surface area contributed by atoms with E-state index in [0.717, 1.165) is 30.7 Å². The summed E-state index contributed by atoms with van der Waals surface area (Å²) in [5, 5.41) is 4.13. The molecule has 1 atom stereocenters. The normalized spacial score (nSPS) is 23.7. The average molecular weight is 280 g/mol. The van der Waals surface area contributed by atoms with Crippen LogP contribution in [-0.4, -0.2) is 44.2 Å². The Labute approximate surface area is 120 Å². The summed E-state index contributed by atoms with van der Waals surface area (Å²) in [5.74, 6) is 0. The summed E-state index contributed by atoms with van der Waals surface area (Å²) in [4.78, 5) is 5.12. The van der Waals surface area contributed by atoms with E-state index in [9.17, 15) is 0 Å². The number of anilines is 1. The van der Waals surface area contributed by atoms with Crippen LogP contribution < -0.4 is 10.2 Å². The van der Waals surface area contributed by atoms with Crippen LogP contribution in [0.2, 0.25) is 5.02 Å². The molecular weight excluding hydrogens is 258 g/mol. The van der Waals surface area contributed by atoms with Gasteiger partial charge in [0.15, 0.2) is 0 Å². The molecule has 1 N–H and O–H groups in total. The highest BCUT2D eigenvalue weighted by atomic mass is 35.5. The van der Waals surface area contributed by atoms with Crippen LogP contribution in [0.1, 0.15) is 18.4 Å². The van der Waals surface area contributed by atoms with Gasteiger partial charge in [0.05, 0.1) is 10.7 Å². The molecule has 1 aromatic carbocycles. The summed E-state index contributed by atoms with van der Waals surface area (Å²) in [5.41, 5.74) is 2.55. The van der Waals surface area contributed by atoms with Crippen molar-refractivity contribution >= 4 is 17.3 Å². The van der Waals surface area contributed by atoms with Gasteiger partial charge >= 0.3 is 0 Å². The zero-order valence-electron chi connectivity index (χ0n) is 11.5. The quantitative estimate of drug-likeness (QED) is 0.916. The molecule has 3 nitrogen and oxygen atoms in total. The number of halogens is 1. The average Bonchev–Trinajstić information content (AvgIpc) is 2.86. The fourth-order valence-corrected chi connectivity index (χ4v) is 3.76. The minimum atomic E-state index is 0.729. The van der Waals surface area contributed by atoms with Gasteiger partial charge in [0.25, 0.3) is 0 Å². The topological polar surface area (TPSA) is 18.5 Å². The minimum absolute atomic E-state index is 0.729. The van der Waals surface area contributed by atoms with Crippen molar-refractivity contribution in [3.05, 3.63) is 28.8 Å². The Morgan fingerprint density at radius 3 is 3.05 bits per heavy atom. The molecule has 0 aliphatic carbocycles. The molecule has 3 rings (SSSR count). The Balaban J connectivity index is 1.85. The highest BCUT2D eigenvalue weighted by Crippen LogP contribution is 2.33. The van der Waals surface area contributed by atoms with E-state index in [2.05, 4.69) is 21.2 Å². The van der Waals surface area contributed by atoms with Gasteiger partial charge in [-0.05, 0) is 38.1 Å². The molecule has 2 heterocycles. The van der Waals surface area contributed by atoms with Crippen LogP contribution >= 0.6 is 11.6 Å². The van der Waals surface area contributed by atoms with Crippen molar-refractivity contribution in [3.8, 4) is 0 Å². The number of para-hydroxylation sites is 1. The third-order valence-corrected chi connectivity index (χ3v) is 4.65. The van der Waals surface area contributed by atoms with Crippen LogP contribution in [0.5, 0.6) is 0 Å². The molecular formula is C15H22ClN3. The van der Waals surface area contributed by atoms with Crippen LogP contribution in [-0.2, 0) is 6.54 Å². The first-order valence-corrected chi connectivity index (χ1v) is 7.58. The highest BCUT2D eigenvalue weighted by Gasteiger charge is 2.31. The van der Waals surface area contributed by atoms with Crippen LogP contribution in [0.15, 0.2) is 18.2 Å². The van der Waals surface area contributed by atoms with Crippen LogP contribution in [0.4, 0.5) is 5.69 Å². The molecule has 0 radical (unpaired) electrons. The first-order chi connectivity index (χ1) is 9.29. The molecule has 0 bridgehead atoms. The predicted octanol–water partition coefficient (Wildman–Crippen LogP) is 2.34. The molecule has 1 aromatic rings. The summed E-state index contributed by atoms with van der Waals surface area (Å²) in [6.07, 6.45) is 2.69. The molecule has 0 aromatic heterocycles. The zero-order valence-corrected chi connectivity index (χ0v) is 12.3. The maximum absolute atomic E-state index is 6.46. The maximum Gasteiger partial charge on any atom is 0.0642 e. The van der Waals surface area contributed by atoms with Gasteiger partial charge in [-0.2, -0.15) is 0 Å². The fraction of sp³-hybridized carbons (Fsp3) is 0.600. The summed E-state index contributed by atoms with van der Waals surface area (Å²) in [6, 6.07) is 6.97. The minimum Gasteiger partial charge on any atom is -0.367 e. The predicted molar refractivity (Wildman–Crippen MR) is 81.0 cm³/mol. The van der Waals surface area contributed by atoms with E-state index in [-0.39, 0.29) is 0 Å². The Bertz CT molecular complexity index is 449. The number of piperazine rings is 1. The lowest BCUT2D eigenvalue weighted by Gasteiger charge is -2.40. The first kappa shape index (κ1) is 13.2. The lowest BCUT2D eigenvalue weighted by Crippen LogP contribution is -2.50. The van der Waals surface area contributed by atoms with Gasteiger partial charge in [-0.25, -0.2) is 0 Å². The van der Waals surface area contributed by atoms with Crippen molar-refractivity contribution < 1.29 is 0 Å². The molecule has 1 unspecified atom stereocenters. The summed E-state index contributed by atoms with van der Waals surface area (Å²) < 4.78 is 0. The van der Waals surface area contributed by atoms with E-state index in [0.29, 0.717) is 0 Å². The second kappa shape index (κ2) is 5.70. The molecule has 2 aliphatic heterocycles.